The lowest BCUT2D eigenvalue weighted by Gasteiger charge is -2.36. The lowest BCUT2D eigenvalue weighted by Crippen LogP contribution is -2.38. The molecule has 174 valence electrons. The third-order valence-corrected chi connectivity index (χ3v) is 7.08. The number of ether oxygens (including phenoxy) is 1. The average Bonchev–Trinajstić information content (AvgIpc) is 2.83. The summed E-state index contributed by atoms with van der Waals surface area (Å²) in [5.41, 5.74) is 1.87. The maximum atomic E-state index is 14.0. The zero-order chi connectivity index (χ0) is 23.8. The largest absolute Gasteiger partial charge is 0.504 e. The molecule has 2 unspecified atom stereocenters. The summed E-state index contributed by atoms with van der Waals surface area (Å²) >= 11 is 1.22. The highest BCUT2D eigenvalue weighted by atomic mass is 32.2. The van der Waals surface area contributed by atoms with E-state index in [2.05, 4.69) is 15.3 Å². The number of benzene rings is 2. The zero-order valence-electron chi connectivity index (χ0n) is 18.3. The zero-order valence-corrected chi connectivity index (χ0v) is 19.1. The molecule has 9 heteroatoms. The monoisotopic (exact) mass is 479 g/mol. The smallest absolute Gasteiger partial charge is 0.257 e. The van der Waals surface area contributed by atoms with Gasteiger partial charge in [-0.15, -0.1) is 0 Å². The normalized spacial score (nSPS) is 19.0. The number of ketones is 1. The summed E-state index contributed by atoms with van der Waals surface area (Å²) in [7, 11) is 1.44. The molecule has 0 saturated heterocycles. The first-order chi connectivity index (χ1) is 16.5. The Bertz CT molecular complexity index is 1370. The number of fused-ring (bicyclic) bond motifs is 2. The third kappa shape index (κ3) is 3.96. The second kappa shape index (κ2) is 8.98. The van der Waals surface area contributed by atoms with E-state index in [1.165, 1.54) is 31.0 Å². The Morgan fingerprint density at radius 2 is 2.03 bits per heavy atom. The Kier molecular flexibility index (Phi) is 5.87. The topological polar surface area (TPSA) is 104 Å². The minimum atomic E-state index is -0.591. The van der Waals surface area contributed by atoms with Crippen molar-refractivity contribution < 1.29 is 19.0 Å². The summed E-state index contributed by atoms with van der Waals surface area (Å²) < 4.78 is 19.3. The lowest BCUT2D eigenvalue weighted by atomic mass is 9.72. The van der Waals surface area contributed by atoms with E-state index in [-0.39, 0.29) is 28.7 Å². The van der Waals surface area contributed by atoms with Crippen molar-refractivity contribution in [2.24, 2.45) is 5.92 Å². The first kappa shape index (κ1) is 22.2. The van der Waals surface area contributed by atoms with Crippen molar-refractivity contribution in [2.75, 3.05) is 12.4 Å². The number of hydrogen-bond acceptors (Lipinski definition) is 7. The van der Waals surface area contributed by atoms with Crippen LogP contribution in [0, 0.1) is 11.7 Å². The van der Waals surface area contributed by atoms with Crippen LogP contribution in [0.2, 0.25) is 0 Å². The number of aromatic nitrogens is 2. The van der Waals surface area contributed by atoms with Crippen LogP contribution in [0.4, 0.5) is 10.2 Å². The van der Waals surface area contributed by atoms with Crippen LogP contribution < -0.4 is 15.6 Å². The van der Waals surface area contributed by atoms with Gasteiger partial charge >= 0.3 is 0 Å². The molecule has 0 spiro atoms. The average molecular weight is 480 g/mol. The van der Waals surface area contributed by atoms with Gasteiger partial charge in [0, 0.05) is 23.8 Å². The Labute approximate surface area is 199 Å². The quantitative estimate of drug-likeness (QED) is 0.369. The van der Waals surface area contributed by atoms with Crippen molar-refractivity contribution in [1.29, 1.82) is 0 Å². The van der Waals surface area contributed by atoms with Crippen LogP contribution >= 0.6 is 11.8 Å². The standard InChI is InChI=1S/C25H22FN3O4S/c1-33-19-11-13(9-10-17(19)30)20-21-16(7-4-8-18(21)31)27-23-22(20)24(32)29-25(28-23)34-12-14-5-2-3-6-15(14)26/h2-3,5-7,9-11,20-21,30H,4,8,12H2,1H3,(H2,27,28,29,32). The van der Waals surface area contributed by atoms with E-state index < -0.39 is 11.8 Å². The van der Waals surface area contributed by atoms with Crippen LogP contribution in [0.15, 0.2) is 64.2 Å². The van der Waals surface area contributed by atoms with E-state index >= 15 is 0 Å². The fourth-order valence-electron chi connectivity index (χ4n) is 4.55. The Hall–Kier alpha value is -3.59. The number of phenols is 1. The third-order valence-electron chi connectivity index (χ3n) is 6.16. The number of rotatable bonds is 5. The molecule has 1 aliphatic carbocycles. The molecule has 0 fully saturated rings. The van der Waals surface area contributed by atoms with Crippen LogP contribution in [0.3, 0.4) is 0 Å². The van der Waals surface area contributed by atoms with Crippen LogP contribution in [0.1, 0.15) is 35.4 Å². The van der Waals surface area contributed by atoms with Crippen LogP contribution in [0.5, 0.6) is 11.5 Å². The number of Topliss-reactive ketones (excluding diaryl/α,β-unsaturated/α-hetero) is 1. The molecule has 34 heavy (non-hydrogen) atoms. The highest BCUT2D eigenvalue weighted by Crippen LogP contribution is 2.46. The van der Waals surface area contributed by atoms with Crippen molar-refractivity contribution in [3.05, 3.63) is 87.1 Å². The maximum absolute atomic E-state index is 14.0. The number of hydrogen-bond donors (Lipinski definition) is 3. The van der Waals surface area contributed by atoms with E-state index in [9.17, 15) is 19.1 Å². The van der Waals surface area contributed by atoms with Crippen molar-refractivity contribution in [1.82, 2.24) is 9.97 Å². The number of aromatic hydroxyl groups is 1. The molecule has 0 radical (unpaired) electrons. The first-order valence-electron chi connectivity index (χ1n) is 10.8. The molecule has 1 aliphatic heterocycles. The van der Waals surface area contributed by atoms with Gasteiger partial charge in [-0.05, 0) is 35.7 Å². The summed E-state index contributed by atoms with van der Waals surface area (Å²) in [5.74, 6) is -0.535. The van der Waals surface area contributed by atoms with Crippen LogP contribution in [-0.2, 0) is 10.5 Å². The number of aromatic amines is 1. The molecule has 7 nitrogen and oxygen atoms in total. The SMILES string of the molecule is COc1cc(C2c3c(nc(SCc4ccccc4F)[nH]c3=O)NC3=CCCC(=O)C32)ccc1O. The first-order valence-corrected chi connectivity index (χ1v) is 11.8. The fourth-order valence-corrected chi connectivity index (χ4v) is 5.39. The maximum Gasteiger partial charge on any atom is 0.257 e. The number of nitrogens with one attached hydrogen (secondary N) is 2. The molecule has 3 aromatic rings. The molecule has 2 aliphatic rings. The van der Waals surface area contributed by atoms with Crippen molar-refractivity contribution in [3.8, 4) is 11.5 Å². The Morgan fingerprint density at radius 3 is 2.82 bits per heavy atom. The van der Waals surface area contributed by atoms with Gasteiger partial charge in [0.15, 0.2) is 16.7 Å². The van der Waals surface area contributed by atoms with E-state index in [0.717, 1.165) is 0 Å². The van der Waals surface area contributed by atoms with Crippen molar-refractivity contribution >= 4 is 23.4 Å². The lowest BCUT2D eigenvalue weighted by molar-refractivity contribution is -0.122. The van der Waals surface area contributed by atoms with E-state index in [1.807, 2.05) is 6.08 Å². The number of halogens is 1. The molecule has 5 rings (SSSR count). The van der Waals surface area contributed by atoms with Gasteiger partial charge in [-0.25, -0.2) is 9.37 Å². The fraction of sp³-hybridized carbons (Fsp3) is 0.240. The van der Waals surface area contributed by atoms with Gasteiger partial charge < -0.3 is 20.1 Å². The Balaban J connectivity index is 1.58. The number of methoxy groups -OCH3 is 1. The highest BCUT2D eigenvalue weighted by molar-refractivity contribution is 7.98. The number of allylic oxidation sites excluding steroid dienone is 2. The molecule has 0 amide bonds. The van der Waals surface area contributed by atoms with E-state index in [1.54, 1.807) is 30.3 Å². The molecule has 2 aromatic carbocycles. The summed E-state index contributed by atoms with van der Waals surface area (Å²) in [6.07, 6.45) is 2.96. The van der Waals surface area contributed by atoms with Gasteiger partial charge in [0.05, 0.1) is 18.6 Å². The van der Waals surface area contributed by atoms with Gasteiger partial charge in [0.25, 0.3) is 5.56 Å². The predicted octanol–water partition coefficient (Wildman–Crippen LogP) is 4.34. The highest BCUT2D eigenvalue weighted by Gasteiger charge is 2.42. The van der Waals surface area contributed by atoms with Gasteiger partial charge in [-0.3, -0.25) is 9.59 Å². The molecule has 2 atom stereocenters. The molecule has 3 N–H and O–H groups in total. The minimum absolute atomic E-state index is 0.0296. The summed E-state index contributed by atoms with van der Waals surface area (Å²) in [4.78, 5) is 33.7. The van der Waals surface area contributed by atoms with Gasteiger partial charge in [0.2, 0.25) is 0 Å². The summed E-state index contributed by atoms with van der Waals surface area (Å²) in [6, 6.07) is 11.3. The van der Waals surface area contributed by atoms with Crippen molar-refractivity contribution in [3.63, 3.8) is 0 Å². The molecule has 0 bridgehead atoms. The molecular weight excluding hydrogens is 457 g/mol. The number of carbonyl (C=O) groups is 1. The second-order valence-corrected chi connectivity index (χ2v) is 9.15. The number of carbonyl (C=O) groups excluding carboxylic acids is 1. The molecule has 0 saturated carbocycles. The van der Waals surface area contributed by atoms with Gasteiger partial charge in [-0.2, -0.15) is 0 Å². The number of thioether (sulfide) groups is 1. The number of H-pyrrole nitrogens is 1. The number of anilines is 1. The Morgan fingerprint density at radius 1 is 1.21 bits per heavy atom. The number of nitrogens with zero attached hydrogens (tertiary/aromatic N) is 1. The van der Waals surface area contributed by atoms with Gasteiger partial charge in [-0.1, -0.05) is 42.1 Å². The minimum Gasteiger partial charge on any atom is -0.504 e. The summed E-state index contributed by atoms with van der Waals surface area (Å²) in [6.45, 7) is 0. The molecule has 2 heterocycles. The summed E-state index contributed by atoms with van der Waals surface area (Å²) in [5, 5.41) is 13.6. The van der Waals surface area contributed by atoms with E-state index in [0.29, 0.717) is 52.0 Å². The predicted molar refractivity (Wildman–Crippen MR) is 127 cm³/mol. The van der Waals surface area contributed by atoms with Crippen molar-refractivity contribution in [2.45, 2.75) is 29.7 Å². The van der Waals surface area contributed by atoms with Crippen LogP contribution in [0.25, 0.3) is 0 Å². The molecule has 1 aromatic heterocycles. The second-order valence-electron chi connectivity index (χ2n) is 8.19. The van der Waals surface area contributed by atoms with E-state index in [4.69, 9.17) is 4.74 Å². The van der Waals surface area contributed by atoms with Gasteiger partial charge in [0.1, 0.15) is 17.4 Å². The van der Waals surface area contributed by atoms with Crippen LogP contribution in [-0.4, -0.2) is 28.0 Å². The molecular formula is C25H22FN3O4S. The number of phenolic OH excluding ortho intramolecular Hbond substituents is 1.